The van der Waals surface area contributed by atoms with Crippen LogP contribution in [0.15, 0.2) is 41.3 Å². The summed E-state index contributed by atoms with van der Waals surface area (Å²) in [7, 11) is 0. The number of carbonyl (C=O) groups is 1. The van der Waals surface area contributed by atoms with Crippen LogP contribution in [-0.4, -0.2) is 11.7 Å². The third kappa shape index (κ3) is 5.70. The molecule has 0 aliphatic rings. The molecule has 1 amide bonds. The molecule has 0 saturated carbocycles. The lowest BCUT2D eigenvalue weighted by Crippen LogP contribution is -2.18. The zero-order valence-electron chi connectivity index (χ0n) is 13.0. The number of nitrogens with one attached hydrogen (secondary N) is 1. The maximum absolute atomic E-state index is 13.0. The molecule has 0 aliphatic heterocycles. The van der Waals surface area contributed by atoms with Crippen molar-refractivity contribution in [1.82, 2.24) is 0 Å². The first-order valence-corrected chi connectivity index (χ1v) is 8.79. The highest BCUT2D eigenvalue weighted by Gasteiger charge is 2.35. The summed E-state index contributed by atoms with van der Waals surface area (Å²) >= 11 is 11.9. The van der Waals surface area contributed by atoms with Crippen molar-refractivity contribution in [3.05, 3.63) is 57.6 Å². The molecular formula is C16H9Cl2F6NOS. The quantitative estimate of drug-likeness (QED) is 0.414. The number of carbonyl (C=O) groups excluding carboxylic acids is 1. The lowest BCUT2D eigenvalue weighted by Gasteiger charge is -2.15. The highest BCUT2D eigenvalue weighted by molar-refractivity contribution is 8.00. The first kappa shape index (κ1) is 21.7. The predicted octanol–water partition coefficient (Wildman–Crippen LogP) is 6.76. The van der Waals surface area contributed by atoms with Crippen LogP contribution >= 0.6 is 35.0 Å². The van der Waals surface area contributed by atoms with Crippen LogP contribution in [0.25, 0.3) is 0 Å². The minimum atomic E-state index is -4.74. The van der Waals surface area contributed by atoms with Gasteiger partial charge in [-0.25, -0.2) is 0 Å². The van der Waals surface area contributed by atoms with Gasteiger partial charge in [0, 0.05) is 4.90 Å². The molecular weight excluding hydrogens is 439 g/mol. The van der Waals surface area contributed by atoms with Gasteiger partial charge >= 0.3 is 12.4 Å². The Kier molecular flexibility index (Phi) is 6.59. The number of halogens is 8. The second-order valence-electron chi connectivity index (χ2n) is 5.14. The Bertz CT molecular complexity index is 854. The van der Waals surface area contributed by atoms with E-state index in [0.717, 1.165) is 24.3 Å². The highest BCUT2D eigenvalue weighted by Crippen LogP contribution is 2.39. The molecule has 2 nitrogen and oxygen atoms in total. The monoisotopic (exact) mass is 447 g/mol. The van der Waals surface area contributed by atoms with Crippen molar-refractivity contribution in [2.24, 2.45) is 0 Å². The van der Waals surface area contributed by atoms with E-state index < -0.39 is 45.8 Å². The van der Waals surface area contributed by atoms with Gasteiger partial charge in [-0.1, -0.05) is 29.3 Å². The van der Waals surface area contributed by atoms with Gasteiger partial charge in [-0.3, -0.25) is 4.79 Å². The van der Waals surface area contributed by atoms with Crippen LogP contribution in [0.1, 0.15) is 11.1 Å². The lowest BCUT2D eigenvalue weighted by atomic mass is 10.1. The van der Waals surface area contributed by atoms with Gasteiger partial charge in [0.25, 0.3) is 0 Å². The number of para-hydroxylation sites is 1. The average molecular weight is 448 g/mol. The van der Waals surface area contributed by atoms with Crippen molar-refractivity contribution in [3.63, 3.8) is 0 Å². The van der Waals surface area contributed by atoms with Crippen molar-refractivity contribution in [2.75, 3.05) is 11.1 Å². The molecule has 146 valence electrons. The van der Waals surface area contributed by atoms with Crippen LogP contribution < -0.4 is 5.32 Å². The molecule has 0 radical (unpaired) electrons. The number of anilines is 1. The number of benzene rings is 2. The summed E-state index contributed by atoms with van der Waals surface area (Å²) in [6.07, 6.45) is -9.41. The molecule has 0 bridgehead atoms. The van der Waals surface area contributed by atoms with Crippen molar-refractivity contribution < 1.29 is 31.1 Å². The van der Waals surface area contributed by atoms with Crippen molar-refractivity contribution >= 4 is 46.6 Å². The number of hydrogen-bond donors (Lipinski definition) is 1. The Morgan fingerprint density at radius 1 is 0.926 bits per heavy atom. The van der Waals surface area contributed by atoms with E-state index in [9.17, 15) is 31.1 Å². The third-order valence-electron chi connectivity index (χ3n) is 3.20. The summed E-state index contributed by atoms with van der Waals surface area (Å²) in [4.78, 5) is 12.0. The Balaban J connectivity index is 2.13. The Morgan fingerprint density at radius 3 is 2.15 bits per heavy atom. The SMILES string of the molecule is O=C(CSc1ccc(Cl)c(C(F)(F)F)c1)Nc1c(Cl)cccc1C(F)(F)F. The van der Waals surface area contributed by atoms with Gasteiger partial charge in [0.2, 0.25) is 5.91 Å². The molecule has 2 rings (SSSR count). The first-order chi connectivity index (χ1) is 12.4. The van der Waals surface area contributed by atoms with E-state index in [1.54, 1.807) is 0 Å². The largest absolute Gasteiger partial charge is 0.418 e. The summed E-state index contributed by atoms with van der Waals surface area (Å²) in [5.41, 5.74) is -2.80. The molecule has 2 aromatic carbocycles. The summed E-state index contributed by atoms with van der Waals surface area (Å²) in [5, 5.41) is 1.24. The van der Waals surface area contributed by atoms with Crippen molar-refractivity contribution in [2.45, 2.75) is 17.2 Å². The van der Waals surface area contributed by atoms with Gasteiger partial charge in [0.1, 0.15) is 0 Å². The van der Waals surface area contributed by atoms with E-state index in [1.165, 1.54) is 12.1 Å². The molecule has 1 N–H and O–H groups in total. The van der Waals surface area contributed by atoms with E-state index in [2.05, 4.69) is 5.32 Å². The fraction of sp³-hybridized carbons (Fsp3) is 0.188. The number of rotatable bonds is 4. The topological polar surface area (TPSA) is 29.1 Å². The van der Waals surface area contributed by atoms with E-state index in [-0.39, 0.29) is 9.92 Å². The summed E-state index contributed by atoms with van der Waals surface area (Å²) < 4.78 is 77.4. The normalized spacial score (nSPS) is 12.1. The van der Waals surface area contributed by atoms with Gasteiger partial charge in [0.15, 0.2) is 0 Å². The minimum Gasteiger partial charge on any atom is -0.324 e. The van der Waals surface area contributed by atoms with Crippen LogP contribution in [0.2, 0.25) is 10.0 Å². The summed E-state index contributed by atoms with van der Waals surface area (Å²) in [6.45, 7) is 0. The van der Waals surface area contributed by atoms with Gasteiger partial charge in [-0.2, -0.15) is 26.3 Å². The fourth-order valence-electron chi connectivity index (χ4n) is 2.02. The Labute approximate surface area is 163 Å². The molecule has 0 spiro atoms. The second kappa shape index (κ2) is 8.20. The van der Waals surface area contributed by atoms with E-state index in [1.807, 2.05) is 0 Å². The number of hydrogen-bond acceptors (Lipinski definition) is 2. The zero-order chi connectivity index (χ0) is 20.4. The molecule has 0 fully saturated rings. The van der Waals surface area contributed by atoms with Crippen LogP contribution in [0.4, 0.5) is 32.0 Å². The maximum Gasteiger partial charge on any atom is 0.418 e. The molecule has 0 unspecified atom stereocenters. The van der Waals surface area contributed by atoms with Crippen LogP contribution in [0, 0.1) is 0 Å². The zero-order valence-corrected chi connectivity index (χ0v) is 15.3. The molecule has 0 aromatic heterocycles. The van der Waals surface area contributed by atoms with Crippen LogP contribution in [-0.2, 0) is 17.1 Å². The summed E-state index contributed by atoms with van der Waals surface area (Å²) in [5.74, 6) is -1.29. The smallest absolute Gasteiger partial charge is 0.324 e. The van der Waals surface area contributed by atoms with E-state index in [0.29, 0.717) is 11.8 Å². The number of alkyl halides is 6. The fourth-order valence-corrected chi connectivity index (χ4v) is 3.21. The standard InChI is InChI=1S/C16H9Cl2F6NOS/c17-11-5-4-8(6-10(11)16(22,23)24)27-7-13(26)25-14-9(15(19,20)21)2-1-3-12(14)18/h1-6H,7H2,(H,25,26). The Hall–Kier alpha value is -1.58. The minimum absolute atomic E-state index is 0.0806. The van der Waals surface area contributed by atoms with E-state index >= 15 is 0 Å². The van der Waals surface area contributed by atoms with Crippen LogP contribution in [0.3, 0.4) is 0 Å². The lowest BCUT2D eigenvalue weighted by molar-refractivity contribution is -0.138. The van der Waals surface area contributed by atoms with E-state index in [4.69, 9.17) is 23.2 Å². The molecule has 0 heterocycles. The molecule has 0 saturated heterocycles. The number of amides is 1. The maximum atomic E-state index is 13.0. The molecule has 2 aromatic rings. The Morgan fingerprint density at radius 2 is 1.56 bits per heavy atom. The molecule has 0 atom stereocenters. The molecule has 0 aliphatic carbocycles. The van der Waals surface area contributed by atoms with Crippen LogP contribution in [0.5, 0.6) is 0 Å². The molecule has 11 heteroatoms. The molecule has 27 heavy (non-hydrogen) atoms. The highest BCUT2D eigenvalue weighted by atomic mass is 35.5. The first-order valence-electron chi connectivity index (χ1n) is 7.04. The van der Waals surface area contributed by atoms with Gasteiger partial charge in [0.05, 0.1) is 32.6 Å². The van der Waals surface area contributed by atoms with Gasteiger partial charge in [-0.15, -0.1) is 11.8 Å². The third-order valence-corrected chi connectivity index (χ3v) is 4.83. The van der Waals surface area contributed by atoms with Gasteiger partial charge in [-0.05, 0) is 30.3 Å². The second-order valence-corrected chi connectivity index (χ2v) is 7.00. The number of thioether (sulfide) groups is 1. The summed E-state index contributed by atoms with van der Waals surface area (Å²) in [6, 6.07) is 6.07. The van der Waals surface area contributed by atoms with Crippen molar-refractivity contribution in [3.8, 4) is 0 Å². The van der Waals surface area contributed by atoms with Gasteiger partial charge < -0.3 is 5.32 Å². The predicted molar refractivity (Wildman–Crippen MR) is 92.3 cm³/mol. The van der Waals surface area contributed by atoms with Crippen molar-refractivity contribution in [1.29, 1.82) is 0 Å². The average Bonchev–Trinajstić information content (AvgIpc) is 2.54.